The van der Waals surface area contributed by atoms with Gasteiger partial charge in [0.25, 0.3) is 0 Å². The molecule has 7 heteroatoms. The molecule has 0 aliphatic carbocycles. The number of hydrogen-bond acceptors (Lipinski definition) is 4. The zero-order valence-electron chi connectivity index (χ0n) is 10.7. The van der Waals surface area contributed by atoms with Crippen molar-refractivity contribution < 1.29 is 8.42 Å². The summed E-state index contributed by atoms with van der Waals surface area (Å²) in [6.45, 7) is 6.16. The molecule has 0 aliphatic rings. The van der Waals surface area contributed by atoms with Crippen LogP contribution in [-0.4, -0.2) is 43.1 Å². The Hall–Kier alpha value is -0.920. The predicted octanol–water partition coefficient (Wildman–Crippen LogP) is 0.242. The van der Waals surface area contributed by atoms with Gasteiger partial charge in [-0.05, 0) is 26.3 Å². The topological polar surface area (TPSA) is 92.1 Å². The fourth-order valence-corrected chi connectivity index (χ4v) is 3.30. The van der Waals surface area contributed by atoms with Crippen molar-refractivity contribution in [2.75, 3.05) is 20.1 Å². The van der Waals surface area contributed by atoms with Crippen LogP contribution < -0.4 is 5.73 Å². The van der Waals surface area contributed by atoms with E-state index in [-0.39, 0.29) is 10.8 Å². The van der Waals surface area contributed by atoms with Crippen molar-refractivity contribution in [3.05, 3.63) is 11.4 Å². The third-order valence-electron chi connectivity index (χ3n) is 2.70. The van der Waals surface area contributed by atoms with Crippen LogP contribution in [-0.2, 0) is 10.0 Å². The Bertz CT molecular complexity index is 461. The van der Waals surface area contributed by atoms with Crippen molar-refractivity contribution in [1.82, 2.24) is 14.5 Å². The summed E-state index contributed by atoms with van der Waals surface area (Å²) in [6, 6.07) is 0. The van der Waals surface area contributed by atoms with E-state index in [1.165, 1.54) is 4.31 Å². The van der Waals surface area contributed by atoms with Crippen LogP contribution in [0.4, 0.5) is 0 Å². The number of nitrogens with one attached hydrogen (secondary N) is 1. The molecule has 98 valence electrons. The van der Waals surface area contributed by atoms with E-state index in [0.29, 0.717) is 24.5 Å². The lowest BCUT2D eigenvalue weighted by molar-refractivity contribution is 0.404. The first kappa shape index (κ1) is 14.1. The molecule has 1 unspecified atom stereocenters. The second-order valence-corrected chi connectivity index (χ2v) is 6.37. The summed E-state index contributed by atoms with van der Waals surface area (Å²) in [4.78, 5) is 0.268. The third-order valence-corrected chi connectivity index (χ3v) is 4.79. The molecule has 1 heterocycles. The number of rotatable bonds is 5. The lowest BCUT2D eigenvalue weighted by Crippen LogP contribution is -2.34. The van der Waals surface area contributed by atoms with Gasteiger partial charge in [0.05, 0.1) is 11.4 Å². The van der Waals surface area contributed by atoms with Gasteiger partial charge in [0.2, 0.25) is 10.0 Å². The monoisotopic (exact) mass is 260 g/mol. The average molecular weight is 260 g/mol. The maximum absolute atomic E-state index is 12.3. The minimum Gasteiger partial charge on any atom is -0.330 e. The highest BCUT2D eigenvalue weighted by molar-refractivity contribution is 7.89. The standard InChI is InChI=1S/C10H20N4O2S/c1-7(5-11)6-14(4)17(15,16)10-8(2)12-13-9(10)3/h7H,5-6,11H2,1-4H3,(H,12,13). The largest absolute Gasteiger partial charge is 0.330 e. The highest BCUT2D eigenvalue weighted by Crippen LogP contribution is 2.20. The molecule has 0 radical (unpaired) electrons. The van der Waals surface area contributed by atoms with Crippen LogP contribution in [0.2, 0.25) is 0 Å². The van der Waals surface area contributed by atoms with Crippen molar-refractivity contribution in [1.29, 1.82) is 0 Å². The zero-order chi connectivity index (χ0) is 13.2. The summed E-state index contributed by atoms with van der Waals surface area (Å²) in [7, 11) is -1.92. The molecule has 1 aromatic rings. The van der Waals surface area contributed by atoms with E-state index in [9.17, 15) is 8.42 Å². The number of aromatic amines is 1. The van der Waals surface area contributed by atoms with Crippen LogP contribution in [0.15, 0.2) is 4.90 Å². The van der Waals surface area contributed by atoms with Crippen LogP contribution >= 0.6 is 0 Å². The molecule has 17 heavy (non-hydrogen) atoms. The molecule has 0 bridgehead atoms. The van der Waals surface area contributed by atoms with Crippen molar-refractivity contribution in [2.24, 2.45) is 11.7 Å². The number of H-pyrrole nitrogens is 1. The van der Waals surface area contributed by atoms with Gasteiger partial charge in [-0.2, -0.15) is 5.10 Å². The molecule has 0 amide bonds. The van der Waals surface area contributed by atoms with Crippen molar-refractivity contribution >= 4 is 10.0 Å². The van der Waals surface area contributed by atoms with Gasteiger partial charge in [-0.15, -0.1) is 0 Å². The second-order valence-electron chi connectivity index (χ2n) is 4.39. The molecular formula is C10H20N4O2S. The molecule has 0 saturated carbocycles. The summed E-state index contributed by atoms with van der Waals surface area (Å²) >= 11 is 0. The molecule has 0 aliphatic heterocycles. The molecule has 0 spiro atoms. The van der Waals surface area contributed by atoms with Gasteiger partial charge in [-0.25, -0.2) is 12.7 Å². The lowest BCUT2D eigenvalue weighted by Gasteiger charge is -2.20. The molecule has 0 fully saturated rings. The summed E-state index contributed by atoms with van der Waals surface area (Å²) in [5.41, 5.74) is 6.56. The minimum absolute atomic E-state index is 0.127. The van der Waals surface area contributed by atoms with Crippen LogP contribution in [0, 0.1) is 19.8 Å². The lowest BCUT2D eigenvalue weighted by atomic mass is 10.2. The Morgan fingerprint density at radius 3 is 2.47 bits per heavy atom. The normalized spacial score (nSPS) is 14.2. The van der Waals surface area contributed by atoms with Crippen molar-refractivity contribution in [3.63, 3.8) is 0 Å². The minimum atomic E-state index is -3.48. The number of sulfonamides is 1. The molecule has 0 aromatic carbocycles. The van der Waals surface area contributed by atoms with Gasteiger partial charge in [0.15, 0.2) is 0 Å². The molecule has 6 nitrogen and oxygen atoms in total. The SMILES string of the molecule is Cc1n[nH]c(C)c1S(=O)(=O)N(C)CC(C)CN. The second kappa shape index (κ2) is 5.16. The fraction of sp³-hybridized carbons (Fsp3) is 0.700. The maximum atomic E-state index is 12.3. The maximum Gasteiger partial charge on any atom is 0.246 e. The Labute approximate surface area is 102 Å². The van der Waals surface area contributed by atoms with Gasteiger partial charge in [-0.1, -0.05) is 6.92 Å². The molecule has 1 rings (SSSR count). The van der Waals surface area contributed by atoms with Gasteiger partial charge >= 0.3 is 0 Å². The predicted molar refractivity (Wildman–Crippen MR) is 66.1 cm³/mol. The Morgan fingerprint density at radius 2 is 2.06 bits per heavy atom. The molecule has 3 N–H and O–H groups in total. The van der Waals surface area contributed by atoms with Gasteiger partial charge in [-0.3, -0.25) is 5.10 Å². The first-order chi connectivity index (χ1) is 7.80. The highest BCUT2D eigenvalue weighted by atomic mass is 32.2. The number of nitrogens with zero attached hydrogens (tertiary/aromatic N) is 2. The summed E-state index contributed by atoms with van der Waals surface area (Å²) in [5, 5.41) is 6.59. The number of aromatic nitrogens is 2. The molecule has 1 atom stereocenters. The third kappa shape index (κ3) is 2.85. The Morgan fingerprint density at radius 1 is 1.47 bits per heavy atom. The molecular weight excluding hydrogens is 240 g/mol. The van der Waals surface area contributed by atoms with Gasteiger partial charge < -0.3 is 5.73 Å². The molecule has 0 saturated heterocycles. The number of hydrogen-bond donors (Lipinski definition) is 2. The number of aryl methyl sites for hydroxylation is 2. The highest BCUT2D eigenvalue weighted by Gasteiger charge is 2.27. The van der Waals surface area contributed by atoms with Crippen LogP contribution in [0.5, 0.6) is 0 Å². The first-order valence-corrected chi connectivity index (χ1v) is 6.92. The number of nitrogens with two attached hydrogens (primary N) is 1. The fourth-order valence-electron chi connectivity index (χ4n) is 1.69. The molecule has 1 aromatic heterocycles. The van der Waals surface area contributed by atoms with E-state index in [0.717, 1.165) is 0 Å². The van der Waals surface area contributed by atoms with E-state index in [2.05, 4.69) is 10.2 Å². The van der Waals surface area contributed by atoms with E-state index >= 15 is 0 Å². The van der Waals surface area contributed by atoms with E-state index in [1.807, 2.05) is 6.92 Å². The summed E-state index contributed by atoms with van der Waals surface area (Å²) < 4.78 is 26.0. The average Bonchev–Trinajstić information content (AvgIpc) is 2.58. The zero-order valence-corrected chi connectivity index (χ0v) is 11.5. The van der Waals surface area contributed by atoms with Gasteiger partial charge in [0, 0.05) is 13.6 Å². The van der Waals surface area contributed by atoms with Crippen molar-refractivity contribution in [3.8, 4) is 0 Å². The van der Waals surface area contributed by atoms with Crippen molar-refractivity contribution in [2.45, 2.75) is 25.7 Å². The Kier molecular flexibility index (Phi) is 4.29. The smallest absolute Gasteiger partial charge is 0.246 e. The summed E-state index contributed by atoms with van der Waals surface area (Å²) in [6.07, 6.45) is 0. The van der Waals surface area contributed by atoms with E-state index in [1.54, 1.807) is 20.9 Å². The van der Waals surface area contributed by atoms with Gasteiger partial charge in [0.1, 0.15) is 4.90 Å². The summed E-state index contributed by atoms with van der Waals surface area (Å²) in [5.74, 6) is 0.127. The van der Waals surface area contributed by atoms with Crippen LogP contribution in [0.3, 0.4) is 0 Å². The first-order valence-electron chi connectivity index (χ1n) is 5.48. The van der Waals surface area contributed by atoms with Crippen LogP contribution in [0.25, 0.3) is 0 Å². The quantitative estimate of drug-likeness (QED) is 0.793. The Balaban J connectivity index is 3.04. The van der Waals surface area contributed by atoms with E-state index < -0.39 is 10.0 Å². The van der Waals surface area contributed by atoms with E-state index in [4.69, 9.17) is 5.73 Å². The van der Waals surface area contributed by atoms with Crippen LogP contribution in [0.1, 0.15) is 18.3 Å².